The third kappa shape index (κ3) is 2.00. The highest BCUT2D eigenvalue weighted by Crippen LogP contribution is 2.27. The fourth-order valence-electron chi connectivity index (χ4n) is 2.98. The van der Waals surface area contributed by atoms with Gasteiger partial charge in [-0.05, 0) is 26.0 Å². The molecule has 0 radical (unpaired) electrons. The first kappa shape index (κ1) is 13.2. The molecule has 3 rings (SSSR count). The highest BCUT2D eigenvalue weighted by molar-refractivity contribution is 6.08. The average molecular weight is 271 g/mol. The topological polar surface area (TPSA) is 37.3 Å². The van der Waals surface area contributed by atoms with Gasteiger partial charge in [0.2, 0.25) is 0 Å². The number of amides is 1. The van der Waals surface area contributed by atoms with Crippen LogP contribution >= 0.6 is 0 Å². The van der Waals surface area contributed by atoms with E-state index >= 15 is 0 Å². The van der Waals surface area contributed by atoms with Gasteiger partial charge in [0, 0.05) is 49.8 Å². The second kappa shape index (κ2) is 4.94. The van der Waals surface area contributed by atoms with E-state index in [0.29, 0.717) is 0 Å². The van der Waals surface area contributed by atoms with Crippen molar-refractivity contribution in [3.05, 3.63) is 35.0 Å². The van der Waals surface area contributed by atoms with Crippen molar-refractivity contribution in [1.29, 1.82) is 0 Å². The normalized spacial score (nSPS) is 15.8. The molecule has 0 spiro atoms. The predicted octanol–water partition coefficient (Wildman–Crippen LogP) is 1.84. The molecule has 0 aliphatic carbocycles. The highest BCUT2D eigenvalue weighted by Gasteiger charge is 2.24. The maximum atomic E-state index is 12.8. The molecule has 1 saturated heterocycles. The quantitative estimate of drug-likeness (QED) is 0.859. The molecule has 106 valence electrons. The number of aryl methyl sites for hydroxylation is 2. The largest absolute Gasteiger partial charge is 0.347 e. The van der Waals surface area contributed by atoms with E-state index in [4.69, 9.17) is 0 Å². The Morgan fingerprint density at radius 1 is 1.20 bits per heavy atom. The summed E-state index contributed by atoms with van der Waals surface area (Å²) < 4.78 is 2.12. The number of hydrogen-bond acceptors (Lipinski definition) is 2. The average Bonchev–Trinajstić information content (AvgIpc) is 2.71. The minimum atomic E-state index is 0.167. The Kier molecular flexibility index (Phi) is 3.26. The first-order valence-electron chi connectivity index (χ1n) is 7.15. The SMILES string of the molecule is Cc1ccc2c(c1)c(C(=O)N1CCNCC1)c(C)n2C. The van der Waals surface area contributed by atoms with Gasteiger partial charge in [-0.1, -0.05) is 11.6 Å². The molecule has 4 heteroatoms. The lowest BCUT2D eigenvalue weighted by Crippen LogP contribution is -2.46. The van der Waals surface area contributed by atoms with E-state index in [0.717, 1.165) is 48.3 Å². The lowest BCUT2D eigenvalue weighted by Gasteiger charge is -2.27. The molecule has 0 bridgehead atoms. The van der Waals surface area contributed by atoms with Crippen molar-refractivity contribution in [2.24, 2.45) is 7.05 Å². The summed E-state index contributed by atoms with van der Waals surface area (Å²) >= 11 is 0. The minimum Gasteiger partial charge on any atom is -0.347 e. The van der Waals surface area contributed by atoms with Gasteiger partial charge in [0.15, 0.2) is 0 Å². The Morgan fingerprint density at radius 3 is 2.60 bits per heavy atom. The zero-order valence-corrected chi connectivity index (χ0v) is 12.4. The van der Waals surface area contributed by atoms with Crippen LogP contribution in [0.3, 0.4) is 0 Å². The van der Waals surface area contributed by atoms with Gasteiger partial charge < -0.3 is 14.8 Å². The van der Waals surface area contributed by atoms with E-state index in [-0.39, 0.29) is 5.91 Å². The number of fused-ring (bicyclic) bond motifs is 1. The summed E-state index contributed by atoms with van der Waals surface area (Å²) in [6.45, 7) is 7.45. The van der Waals surface area contributed by atoms with E-state index < -0.39 is 0 Å². The lowest BCUT2D eigenvalue weighted by atomic mass is 10.1. The van der Waals surface area contributed by atoms with E-state index in [1.54, 1.807) is 0 Å². The number of carbonyl (C=O) groups is 1. The van der Waals surface area contributed by atoms with Crippen LogP contribution < -0.4 is 5.32 Å². The third-order valence-electron chi connectivity index (χ3n) is 4.27. The second-order valence-corrected chi connectivity index (χ2v) is 5.58. The van der Waals surface area contributed by atoms with Crippen molar-refractivity contribution in [1.82, 2.24) is 14.8 Å². The van der Waals surface area contributed by atoms with Crippen molar-refractivity contribution in [3.8, 4) is 0 Å². The van der Waals surface area contributed by atoms with Crippen LogP contribution in [0.5, 0.6) is 0 Å². The van der Waals surface area contributed by atoms with Crippen molar-refractivity contribution >= 4 is 16.8 Å². The maximum Gasteiger partial charge on any atom is 0.256 e. The van der Waals surface area contributed by atoms with Crippen LogP contribution in [0.4, 0.5) is 0 Å². The van der Waals surface area contributed by atoms with Gasteiger partial charge in [0.05, 0.1) is 5.56 Å². The van der Waals surface area contributed by atoms with Gasteiger partial charge in [-0.25, -0.2) is 0 Å². The monoisotopic (exact) mass is 271 g/mol. The highest BCUT2D eigenvalue weighted by atomic mass is 16.2. The van der Waals surface area contributed by atoms with Crippen LogP contribution in [0, 0.1) is 13.8 Å². The summed E-state index contributed by atoms with van der Waals surface area (Å²) in [6.07, 6.45) is 0. The minimum absolute atomic E-state index is 0.167. The molecule has 4 nitrogen and oxygen atoms in total. The fourth-order valence-corrected chi connectivity index (χ4v) is 2.98. The number of benzene rings is 1. The van der Waals surface area contributed by atoms with Gasteiger partial charge in [-0.3, -0.25) is 4.79 Å². The van der Waals surface area contributed by atoms with Crippen LogP contribution in [0.15, 0.2) is 18.2 Å². The van der Waals surface area contributed by atoms with Gasteiger partial charge in [-0.2, -0.15) is 0 Å². The zero-order valence-electron chi connectivity index (χ0n) is 12.4. The van der Waals surface area contributed by atoms with Crippen molar-refractivity contribution < 1.29 is 4.79 Å². The molecule has 0 saturated carbocycles. The Morgan fingerprint density at radius 2 is 1.90 bits per heavy atom. The van der Waals surface area contributed by atoms with Crippen LogP contribution in [0.25, 0.3) is 10.9 Å². The smallest absolute Gasteiger partial charge is 0.256 e. The molecule has 1 aliphatic heterocycles. The molecule has 2 heterocycles. The summed E-state index contributed by atoms with van der Waals surface area (Å²) in [5, 5.41) is 4.37. The number of carbonyl (C=O) groups excluding carboxylic acids is 1. The Labute approximate surface area is 119 Å². The van der Waals surface area contributed by atoms with Crippen LogP contribution in [-0.2, 0) is 7.05 Å². The Hall–Kier alpha value is -1.81. The van der Waals surface area contributed by atoms with Crippen LogP contribution in [0.1, 0.15) is 21.6 Å². The molecule has 1 N–H and O–H groups in total. The molecule has 1 aliphatic rings. The summed E-state index contributed by atoms with van der Waals surface area (Å²) in [5.74, 6) is 0.167. The molecular weight excluding hydrogens is 250 g/mol. The molecule has 1 aromatic carbocycles. The van der Waals surface area contributed by atoms with Gasteiger partial charge in [0.1, 0.15) is 0 Å². The fraction of sp³-hybridized carbons (Fsp3) is 0.438. The lowest BCUT2D eigenvalue weighted by molar-refractivity contribution is 0.0737. The van der Waals surface area contributed by atoms with Crippen molar-refractivity contribution in [2.75, 3.05) is 26.2 Å². The first-order chi connectivity index (χ1) is 9.59. The molecule has 0 unspecified atom stereocenters. The van der Waals surface area contributed by atoms with E-state index in [1.807, 2.05) is 18.9 Å². The summed E-state index contributed by atoms with van der Waals surface area (Å²) in [7, 11) is 2.03. The number of nitrogens with zero attached hydrogens (tertiary/aromatic N) is 2. The number of nitrogens with one attached hydrogen (secondary N) is 1. The zero-order chi connectivity index (χ0) is 14.3. The molecule has 20 heavy (non-hydrogen) atoms. The molecule has 0 atom stereocenters. The van der Waals surface area contributed by atoms with Crippen molar-refractivity contribution in [3.63, 3.8) is 0 Å². The Balaban J connectivity index is 2.12. The summed E-state index contributed by atoms with van der Waals surface area (Å²) in [4.78, 5) is 14.8. The standard InChI is InChI=1S/C16H21N3O/c1-11-4-5-14-13(10-11)15(12(2)18(14)3)16(20)19-8-6-17-7-9-19/h4-5,10,17H,6-9H2,1-3H3. The van der Waals surface area contributed by atoms with Crippen LogP contribution in [0.2, 0.25) is 0 Å². The maximum absolute atomic E-state index is 12.8. The number of rotatable bonds is 1. The van der Waals surface area contributed by atoms with Crippen LogP contribution in [-0.4, -0.2) is 41.6 Å². The molecular formula is C16H21N3O. The second-order valence-electron chi connectivity index (χ2n) is 5.58. The van der Waals surface area contributed by atoms with E-state index in [2.05, 4.69) is 35.0 Å². The number of piperazine rings is 1. The molecule has 2 aromatic rings. The molecule has 1 amide bonds. The number of hydrogen-bond donors (Lipinski definition) is 1. The van der Waals surface area contributed by atoms with E-state index in [9.17, 15) is 4.79 Å². The first-order valence-corrected chi connectivity index (χ1v) is 7.15. The van der Waals surface area contributed by atoms with Gasteiger partial charge >= 0.3 is 0 Å². The molecule has 1 fully saturated rings. The van der Waals surface area contributed by atoms with Crippen molar-refractivity contribution in [2.45, 2.75) is 13.8 Å². The Bertz CT molecular complexity index is 666. The summed E-state index contributed by atoms with van der Waals surface area (Å²) in [6, 6.07) is 6.32. The molecule has 1 aromatic heterocycles. The summed E-state index contributed by atoms with van der Waals surface area (Å²) in [5.41, 5.74) is 4.24. The van der Waals surface area contributed by atoms with E-state index in [1.165, 1.54) is 5.56 Å². The third-order valence-corrected chi connectivity index (χ3v) is 4.27. The van der Waals surface area contributed by atoms with Gasteiger partial charge in [0.25, 0.3) is 5.91 Å². The number of aromatic nitrogens is 1. The van der Waals surface area contributed by atoms with Gasteiger partial charge in [-0.15, -0.1) is 0 Å². The predicted molar refractivity (Wildman–Crippen MR) is 81.2 cm³/mol.